The number of benzene rings is 1. The highest BCUT2D eigenvalue weighted by molar-refractivity contribution is 5.21. The van der Waals surface area contributed by atoms with Gasteiger partial charge >= 0.3 is 0 Å². The van der Waals surface area contributed by atoms with E-state index >= 15 is 0 Å². The van der Waals surface area contributed by atoms with Crippen LogP contribution in [0.4, 0.5) is 0 Å². The van der Waals surface area contributed by atoms with Gasteiger partial charge in [0, 0.05) is 5.54 Å². The lowest BCUT2D eigenvalue weighted by Gasteiger charge is -2.45. The summed E-state index contributed by atoms with van der Waals surface area (Å²) >= 11 is 0. The van der Waals surface area contributed by atoms with E-state index in [2.05, 4.69) is 13.8 Å². The zero-order chi connectivity index (χ0) is 22.3. The quantitative estimate of drug-likeness (QED) is 0.411. The van der Waals surface area contributed by atoms with Crippen molar-refractivity contribution in [1.29, 1.82) is 0 Å². The van der Waals surface area contributed by atoms with Gasteiger partial charge in [0.15, 0.2) is 0 Å². The van der Waals surface area contributed by atoms with Crippen molar-refractivity contribution in [2.75, 3.05) is 6.61 Å². The summed E-state index contributed by atoms with van der Waals surface area (Å²) in [7, 11) is 0. The smallest absolute Gasteiger partial charge is 0.119 e. The van der Waals surface area contributed by atoms with Gasteiger partial charge in [0.1, 0.15) is 12.4 Å². The van der Waals surface area contributed by atoms with Crippen LogP contribution in [0.5, 0.6) is 5.75 Å². The fraction of sp³-hybridized carbons (Fsp3) is 0.778. The van der Waals surface area contributed by atoms with Gasteiger partial charge in [-0.15, -0.1) is 0 Å². The van der Waals surface area contributed by atoms with E-state index in [4.69, 9.17) is 20.2 Å². The largest absolute Gasteiger partial charge is 0.492 e. The third-order valence-corrected chi connectivity index (χ3v) is 7.02. The number of hydrogen-bond donors (Lipinski definition) is 1. The molecule has 0 aliphatic heterocycles. The highest BCUT2D eigenvalue weighted by Crippen LogP contribution is 2.46. The third kappa shape index (κ3) is 8.40. The Morgan fingerprint density at radius 2 is 1.61 bits per heavy atom. The molecular formula is C27H45NO3. The van der Waals surface area contributed by atoms with Gasteiger partial charge in [-0.05, 0) is 88.2 Å². The van der Waals surface area contributed by atoms with Crippen LogP contribution in [0.2, 0.25) is 0 Å². The average Bonchev–Trinajstić information content (AvgIpc) is 2.73. The highest BCUT2D eigenvalue weighted by Gasteiger charge is 2.41. The number of para-hydroxylation sites is 1. The monoisotopic (exact) mass is 431 g/mol. The average molecular weight is 432 g/mol. The maximum Gasteiger partial charge on any atom is 0.119 e. The molecule has 3 aliphatic carbocycles. The predicted octanol–water partition coefficient (Wildman–Crippen LogP) is 6.53. The zero-order valence-corrected chi connectivity index (χ0v) is 20.2. The molecule has 0 aromatic heterocycles. The van der Waals surface area contributed by atoms with Crippen molar-refractivity contribution in [1.82, 2.24) is 0 Å². The Morgan fingerprint density at radius 1 is 0.903 bits per heavy atom. The van der Waals surface area contributed by atoms with Crippen LogP contribution in [0.3, 0.4) is 0 Å². The first-order valence-corrected chi connectivity index (χ1v) is 12.6. The summed E-state index contributed by atoms with van der Waals surface area (Å²) in [5, 5.41) is 0. The first-order chi connectivity index (χ1) is 14.8. The molecule has 3 aliphatic rings. The molecule has 2 bridgehead atoms. The summed E-state index contributed by atoms with van der Waals surface area (Å²) in [4.78, 5) is 11.8. The maximum absolute atomic E-state index is 5.97. The molecule has 0 radical (unpaired) electrons. The molecule has 3 saturated carbocycles. The molecule has 5 atom stereocenters. The minimum absolute atomic E-state index is 0.268. The van der Waals surface area contributed by atoms with Gasteiger partial charge in [0.25, 0.3) is 0 Å². The maximum atomic E-state index is 5.97. The van der Waals surface area contributed by atoms with Crippen LogP contribution < -0.4 is 10.5 Å². The highest BCUT2D eigenvalue weighted by atomic mass is 17.2. The first kappa shape index (κ1) is 24.5. The lowest BCUT2D eigenvalue weighted by Crippen LogP contribution is -2.42. The molecule has 0 spiro atoms. The molecule has 1 aromatic carbocycles. The Morgan fingerprint density at radius 3 is 2.29 bits per heavy atom. The van der Waals surface area contributed by atoms with Crippen molar-refractivity contribution >= 4 is 0 Å². The summed E-state index contributed by atoms with van der Waals surface area (Å²) in [6.45, 7) is 9.20. The molecule has 4 heteroatoms. The summed E-state index contributed by atoms with van der Waals surface area (Å²) in [5.41, 5.74) is 5.49. The Labute approximate surface area is 190 Å². The van der Waals surface area contributed by atoms with E-state index in [1.165, 1.54) is 57.8 Å². The van der Waals surface area contributed by atoms with Crippen molar-refractivity contribution in [3.63, 3.8) is 0 Å². The molecule has 4 rings (SSSR count). The van der Waals surface area contributed by atoms with E-state index in [0.29, 0.717) is 24.7 Å². The van der Waals surface area contributed by atoms with Crippen molar-refractivity contribution in [2.45, 2.75) is 103 Å². The molecule has 3 fully saturated rings. The number of ether oxygens (including phenoxy) is 1. The summed E-state index contributed by atoms with van der Waals surface area (Å²) in [5.74, 6) is 4.15. The summed E-state index contributed by atoms with van der Waals surface area (Å²) < 4.78 is 5.45. The van der Waals surface area contributed by atoms with E-state index in [1.54, 1.807) is 0 Å². The van der Waals surface area contributed by atoms with E-state index in [1.807, 2.05) is 44.2 Å². The van der Waals surface area contributed by atoms with Crippen LogP contribution in [-0.2, 0) is 9.78 Å². The van der Waals surface area contributed by atoms with E-state index in [-0.39, 0.29) is 5.54 Å². The minimum Gasteiger partial charge on any atom is -0.492 e. The lowest BCUT2D eigenvalue weighted by molar-refractivity contribution is -0.376. The van der Waals surface area contributed by atoms with Gasteiger partial charge in [0.05, 0.1) is 12.2 Å². The Hall–Kier alpha value is -1.10. The topological polar surface area (TPSA) is 53.7 Å². The predicted molar refractivity (Wildman–Crippen MR) is 127 cm³/mol. The minimum atomic E-state index is -0.268. The fourth-order valence-corrected chi connectivity index (χ4v) is 5.65. The molecule has 0 amide bonds. The van der Waals surface area contributed by atoms with E-state index in [9.17, 15) is 0 Å². The normalized spacial score (nSPS) is 31.5. The van der Waals surface area contributed by atoms with Gasteiger partial charge in [-0.3, -0.25) is 0 Å². The van der Waals surface area contributed by atoms with Crippen LogP contribution in [0, 0.1) is 23.7 Å². The Bertz CT molecular complexity index is 619. The molecule has 31 heavy (non-hydrogen) atoms. The van der Waals surface area contributed by atoms with Gasteiger partial charge in [0.2, 0.25) is 0 Å². The van der Waals surface area contributed by atoms with Crippen LogP contribution in [0.25, 0.3) is 0 Å². The van der Waals surface area contributed by atoms with Crippen LogP contribution in [-0.4, -0.2) is 24.4 Å². The Balaban J connectivity index is 0.000000196. The number of fused-ring (bicyclic) bond motifs is 2. The molecular weight excluding hydrogens is 386 g/mol. The molecule has 176 valence electrons. The standard InChI is InChI=1S/C17H30O2.C10H15NO/c1-12-8-14-10-13(2)17(15(9-12)11-14)19-18-16-6-4-3-5-7-16;1-10(2,11)8-12-9-6-4-3-5-7-9/h12-17H,3-11H2,1-2H3;3-7H,8,11H2,1-2H3. The SMILES string of the molecule is CC(C)(N)COc1ccccc1.CC1CC2CC(C)C(OOC3CCCCC3)C(C1)C2. The second kappa shape index (κ2) is 11.7. The van der Waals surface area contributed by atoms with Gasteiger partial charge in [-0.25, -0.2) is 9.78 Å². The summed E-state index contributed by atoms with van der Waals surface area (Å²) in [6, 6.07) is 9.69. The lowest BCUT2D eigenvalue weighted by atomic mass is 9.64. The van der Waals surface area contributed by atoms with Crippen molar-refractivity contribution in [3.8, 4) is 5.75 Å². The van der Waals surface area contributed by atoms with Crippen LogP contribution in [0.15, 0.2) is 30.3 Å². The van der Waals surface area contributed by atoms with Crippen molar-refractivity contribution in [3.05, 3.63) is 30.3 Å². The first-order valence-electron chi connectivity index (χ1n) is 12.6. The van der Waals surface area contributed by atoms with Gasteiger partial charge in [-0.2, -0.15) is 0 Å². The molecule has 4 nitrogen and oxygen atoms in total. The molecule has 5 unspecified atom stereocenters. The Kier molecular flexibility index (Phi) is 9.24. The van der Waals surface area contributed by atoms with Crippen LogP contribution in [0.1, 0.15) is 85.5 Å². The van der Waals surface area contributed by atoms with E-state index < -0.39 is 0 Å². The second-order valence-corrected chi connectivity index (χ2v) is 11.2. The fourth-order valence-electron chi connectivity index (χ4n) is 5.65. The van der Waals surface area contributed by atoms with Crippen molar-refractivity contribution < 1.29 is 14.5 Å². The molecule has 0 saturated heterocycles. The second-order valence-electron chi connectivity index (χ2n) is 11.2. The van der Waals surface area contributed by atoms with Crippen LogP contribution >= 0.6 is 0 Å². The number of rotatable bonds is 6. The number of hydrogen-bond acceptors (Lipinski definition) is 4. The van der Waals surface area contributed by atoms with Crippen molar-refractivity contribution in [2.24, 2.45) is 29.4 Å². The van der Waals surface area contributed by atoms with E-state index in [0.717, 1.165) is 23.5 Å². The molecule has 2 N–H and O–H groups in total. The zero-order valence-electron chi connectivity index (χ0n) is 20.2. The molecule has 1 aromatic rings. The van der Waals surface area contributed by atoms with Gasteiger partial charge < -0.3 is 10.5 Å². The number of nitrogens with two attached hydrogens (primary N) is 1. The third-order valence-electron chi connectivity index (χ3n) is 7.02. The summed E-state index contributed by atoms with van der Waals surface area (Å²) in [6.07, 6.45) is 12.7. The molecule has 0 heterocycles. The van der Waals surface area contributed by atoms with Gasteiger partial charge in [-0.1, -0.05) is 51.3 Å².